The first kappa shape index (κ1) is 37.7. The molecule has 41 heavy (non-hydrogen) atoms. The highest BCUT2D eigenvalue weighted by atomic mass is 16.4. The average molecular weight is 577 g/mol. The zero-order valence-electron chi connectivity index (χ0n) is 24.2. The molecule has 1 atom stereocenters. The van der Waals surface area contributed by atoms with E-state index < -0.39 is 23.3 Å². The summed E-state index contributed by atoms with van der Waals surface area (Å²) in [4.78, 5) is 30.8. The van der Waals surface area contributed by atoms with Crippen molar-refractivity contribution >= 4 is 17.9 Å². The fraction of sp³-hybridized carbons (Fsp3) is 0.531. The third-order valence-corrected chi connectivity index (χ3v) is 7.06. The van der Waals surface area contributed by atoms with Crippen LogP contribution in [0.2, 0.25) is 0 Å². The maximum absolute atomic E-state index is 10.4. The average Bonchev–Trinajstić information content (AvgIpc) is 2.99. The monoisotopic (exact) mass is 576 g/mol. The van der Waals surface area contributed by atoms with Crippen LogP contribution in [0.15, 0.2) is 60.7 Å². The largest absolute Gasteiger partial charge is 0.481 e. The molecule has 0 saturated carbocycles. The Morgan fingerprint density at radius 3 is 1.27 bits per heavy atom. The second-order valence-corrected chi connectivity index (χ2v) is 10.2. The van der Waals surface area contributed by atoms with Crippen LogP contribution < -0.4 is 0 Å². The van der Waals surface area contributed by atoms with Crippen LogP contribution in [0.4, 0.5) is 0 Å². The molecule has 0 aliphatic rings. The number of carboxylic acids is 3. The highest BCUT2D eigenvalue weighted by Crippen LogP contribution is 2.33. The smallest absolute Gasteiger partial charge is 0.335 e. The lowest BCUT2D eigenvalue weighted by Crippen LogP contribution is -2.38. The van der Waals surface area contributed by atoms with E-state index in [2.05, 4.69) is 0 Å². The second kappa shape index (κ2) is 23.4. The minimum Gasteiger partial charge on any atom is -0.481 e. The second-order valence-electron chi connectivity index (χ2n) is 10.2. The van der Waals surface area contributed by atoms with Gasteiger partial charge in [-0.25, -0.2) is 9.59 Å². The Bertz CT molecular complexity index is 895. The van der Waals surface area contributed by atoms with Crippen molar-refractivity contribution < 1.29 is 45.0 Å². The summed E-state index contributed by atoms with van der Waals surface area (Å²) in [6, 6.07) is 16.6. The standard InChI is InChI=1S/C18H36O5.2C7H6O2/c1-16(13-19)18(14-20,15-21)12-10-8-6-4-2-3-5-7-9-11-17(22)23;2*8-7(9)6-4-2-1-3-5-6/h16,19-21H,2-15H2,1H3,(H,22,23);2*1-5H,(H,8,9). The fourth-order valence-electron chi connectivity index (χ4n) is 4.11. The number of carbonyl (C=O) groups is 3. The first-order chi connectivity index (χ1) is 19.6. The molecular formula is C32H48O9. The third-order valence-electron chi connectivity index (χ3n) is 7.06. The van der Waals surface area contributed by atoms with Gasteiger partial charge in [-0.1, -0.05) is 94.7 Å². The summed E-state index contributed by atoms with van der Waals surface area (Å²) in [6.07, 6.45) is 10.6. The molecule has 0 aromatic heterocycles. The van der Waals surface area contributed by atoms with E-state index in [-0.39, 0.29) is 32.2 Å². The van der Waals surface area contributed by atoms with Crippen molar-refractivity contribution in [1.29, 1.82) is 0 Å². The van der Waals surface area contributed by atoms with Gasteiger partial charge in [-0.3, -0.25) is 4.79 Å². The number of benzene rings is 2. The number of unbranched alkanes of at least 4 members (excludes halogenated alkanes) is 8. The third kappa shape index (κ3) is 17.9. The maximum Gasteiger partial charge on any atom is 0.335 e. The van der Waals surface area contributed by atoms with E-state index in [4.69, 9.17) is 15.3 Å². The molecule has 230 valence electrons. The molecule has 0 bridgehead atoms. The van der Waals surface area contributed by atoms with Crippen molar-refractivity contribution in [1.82, 2.24) is 0 Å². The van der Waals surface area contributed by atoms with E-state index in [9.17, 15) is 29.7 Å². The van der Waals surface area contributed by atoms with Crippen LogP contribution in [-0.4, -0.2) is 68.4 Å². The SMILES string of the molecule is CC(CO)C(CO)(CO)CCCCCCCCCCCC(=O)O.O=C(O)c1ccccc1.O=C(O)c1ccccc1. The molecule has 0 amide bonds. The molecule has 0 radical (unpaired) electrons. The van der Waals surface area contributed by atoms with Crippen LogP contribution in [0.25, 0.3) is 0 Å². The van der Waals surface area contributed by atoms with Crippen LogP contribution in [0.1, 0.15) is 98.3 Å². The Balaban J connectivity index is 0.000000714. The molecule has 9 heteroatoms. The van der Waals surface area contributed by atoms with Crippen molar-refractivity contribution in [3.8, 4) is 0 Å². The molecule has 2 rings (SSSR count). The molecule has 2 aromatic carbocycles. The van der Waals surface area contributed by atoms with Gasteiger partial charge in [-0.05, 0) is 43.0 Å². The highest BCUT2D eigenvalue weighted by Gasteiger charge is 2.34. The number of carboxylic acid groups (broad SMARTS) is 3. The number of hydrogen-bond acceptors (Lipinski definition) is 6. The molecule has 0 spiro atoms. The Hall–Kier alpha value is -3.27. The molecule has 1 unspecified atom stereocenters. The van der Waals surface area contributed by atoms with Gasteiger partial charge in [0, 0.05) is 18.4 Å². The zero-order chi connectivity index (χ0) is 30.9. The van der Waals surface area contributed by atoms with Crippen LogP contribution in [0, 0.1) is 11.3 Å². The van der Waals surface area contributed by atoms with Gasteiger partial charge in [-0.2, -0.15) is 0 Å². The zero-order valence-corrected chi connectivity index (χ0v) is 24.2. The van der Waals surface area contributed by atoms with E-state index in [0.29, 0.717) is 11.1 Å². The number of rotatable bonds is 18. The first-order valence-electron chi connectivity index (χ1n) is 14.2. The topological polar surface area (TPSA) is 173 Å². The van der Waals surface area contributed by atoms with Gasteiger partial charge in [0.25, 0.3) is 0 Å². The van der Waals surface area contributed by atoms with Crippen molar-refractivity contribution in [3.05, 3.63) is 71.8 Å². The molecule has 0 saturated heterocycles. The summed E-state index contributed by atoms with van der Waals surface area (Å²) < 4.78 is 0. The van der Waals surface area contributed by atoms with Crippen LogP contribution >= 0.6 is 0 Å². The molecule has 0 aliphatic carbocycles. The van der Waals surface area contributed by atoms with Crippen LogP contribution in [0.3, 0.4) is 0 Å². The molecule has 2 aromatic rings. The molecule has 0 fully saturated rings. The quantitative estimate of drug-likeness (QED) is 0.121. The van der Waals surface area contributed by atoms with E-state index in [1.165, 1.54) is 19.3 Å². The predicted molar refractivity (Wildman–Crippen MR) is 158 cm³/mol. The van der Waals surface area contributed by atoms with Gasteiger partial charge >= 0.3 is 17.9 Å². The van der Waals surface area contributed by atoms with Crippen molar-refractivity contribution in [2.45, 2.75) is 77.6 Å². The lowest BCUT2D eigenvalue weighted by atomic mass is 9.74. The van der Waals surface area contributed by atoms with Crippen LogP contribution in [-0.2, 0) is 4.79 Å². The summed E-state index contributed by atoms with van der Waals surface area (Å²) >= 11 is 0. The Morgan fingerprint density at radius 1 is 0.610 bits per heavy atom. The molecule has 0 heterocycles. The van der Waals surface area contributed by atoms with Crippen molar-refractivity contribution in [3.63, 3.8) is 0 Å². The summed E-state index contributed by atoms with van der Waals surface area (Å²) in [7, 11) is 0. The molecule has 9 nitrogen and oxygen atoms in total. The van der Waals surface area contributed by atoms with Crippen LogP contribution in [0.5, 0.6) is 0 Å². The summed E-state index contributed by atoms with van der Waals surface area (Å²) in [5.41, 5.74) is 0.105. The van der Waals surface area contributed by atoms with Gasteiger partial charge in [0.05, 0.1) is 24.3 Å². The Morgan fingerprint density at radius 2 is 0.976 bits per heavy atom. The van der Waals surface area contributed by atoms with E-state index in [0.717, 1.165) is 44.9 Å². The number of aliphatic hydroxyl groups excluding tert-OH is 3. The Kier molecular flexibility index (Phi) is 21.6. The fourth-order valence-corrected chi connectivity index (χ4v) is 4.11. The lowest BCUT2D eigenvalue weighted by molar-refractivity contribution is -0.137. The number of aliphatic hydroxyl groups is 3. The lowest BCUT2D eigenvalue weighted by Gasteiger charge is -2.35. The maximum atomic E-state index is 10.4. The van der Waals surface area contributed by atoms with Gasteiger partial charge in [0.15, 0.2) is 0 Å². The normalized spacial score (nSPS) is 11.3. The van der Waals surface area contributed by atoms with E-state index in [1.54, 1.807) is 60.7 Å². The Labute approximate surface area is 243 Å². The molecular weight excluding hydrogens is 528 g/mol. The minimum absolute atomic E-state index is 0.0109. The summed E-state index contributed by atoms with van der Waals surface area (Å²) in [6.45, 7) is 1.70. The van der Waals surface area contributed by atoms with Crippen molar-refractivity contribution in [2.75, 3.05) is 19.8 Å². The van der Waals surface area contributed by atoms with Gasteiger partial charge in [0.2, 0.25) is 0 Å². The molecule has 6 N–H and O–H groups in total. The first-order valence-corrected chi connectivity index (χ1v) is 14.2. The number of hydrogen-bond donors (Lipinski definition) is 6. The van der Waals surface area contributed by atoms with Gasteiger partial charge in [0.1, 0.15) is 0 Å². The van der Waals surface area contributed by atoms with E-state index in [1.807, 2.05) is 6.92 Å². The minimum atomic E-state index is -0.879. The molecule has 0 aliphatic heterocycles. The summed E-state index contributed by atoms with van der Waals surface area (Å²) in [5.74, 6) is -2.56. The number of aliphatic carboxylic acids is 1. The van der Waals surface area contributed by atoms with Gasteiger partial charge in [-0.15, -0.1) is 0 Å². The number of aromatic carboxylic acids is 2. The van der Waals surface area contributed by atoms with Gasteiger partial charge < -0.3 is 30.6 Å². The van der Waals surface area contributed by atoms with Crippen molar-refractivity contribution in [2.24, 2.45) is 11.3 Å². The summed E-state index contributed by atoms with van der Waals surface area (Å²) in [5, 5.41) is 53.7. The van der Waals surface area contributed by atoms with E-state index >= 15 is 0 Å². The predicted octanol–water partition coefficient (Wildman–Crippen LogP) is 5.73. The highest BCUT2D eigenvalue weighted by molar-refractivity contribution is 5.87.